The lowest BCUT2D eigenvalue weighted by Crippen LogP contribution is -2.07. The van der Waals surface area contributed by atoms with Crippen LogP contribution in [0.15, 0.2) is 47.4 Å². The van der Waals surface area contributed by atoms with Crippen LogP contribution in [0.4, 0.5) is 5.13 Å². The zero-order chi connectivity index (χ0) is 17.5. The predicted molar refractivity (Wildman–Crippen MR) is 95.0 cm³/mol. The highest BCUT2D eigenvalue weighted by atomic mass is 32.1. The standard InChI is InChI=1S/C16H16N6O2S/c1-2-24-15(23)7-13-9-25-16(20-13)21-18-8-12-3-5-14(6-4-12)22-11-17-10-19-22/h3-6,8-11H,2,7H2,1H3,(H,20,21). The molecule has 3 rings (SSSR count). The van der Waals surface area contributed by atoms with Crippen LogP contribution in [0, 0.1) is 0 Å². The fourth-order valence-corrected chi connectivity index (χ4v) is 2.68. The van der Waals surface area contributed by atoms with Crippen molar-refractivity contribution in [2.45, 2.75) is 13.3 Å². The van der Waals surface area contributed by atoms with Gasteiger partial charge in [0.1, 0.15) is 12.7 Å². The summed E-state index contributed by atoms with van der Waals surface area (Å²) < 4.78 is 6.58. The van der Waals surface area contributed by atoms with Crippen LogP contribution in [0.2, 0.25) is 0 Å². The van der Waals surface area contributed by atoms with Crippen LogP contribution in [0.5, 0.6) is 0 Å². The van der Waals surface area contributed by atoms with Crippen molar-refractivity contribution in [3.8, 4) is 5.69 Å². The maximum absolute atomic E-state index is 11.4. The molecule has 0 saturated carbocycles. The van der Waals surface area contributed by atoms with Gasteiger partial charge < -0.3 is 4.74 Å². The molecule has 3 aromatic rings. The summed E-state index contributed by atoms with van der Waals surface area (Å²) in [6, 6.07) is 7.71. The molecule has 2 aromatic heterocycles. The minimum Gasteiger partial charge on any atom is -0.466 e. The van der Waals surface area contributed by atoms with Gasteiger partial charge in [-0.05, 0) is 24.6 Å². The Bertz CT molecular complexity index is 842. The van der Waals surface area contributed by atoms with E-state index in [4.69, 9.17) is 4.74 Å². The molecule has 25 heavy (non-hydrogen) atoms. The van der Waals surface area contributed by atoms with E-state index in [0.29, 0.717) is 17.4 Å². The second-order valence-electron chi connectivity index (χ2n) is 4.93. The number of nitrogens with zero attached hydrogens (tertiary/aromatic N) is 5. The van der Waals surface area contributed by atoms with E-state index < -0.39 is 0 Å². The van der Waals surface area contributed by atoms with E-state index in [1.807, 2.05) is 29.6 Å². The molecule has 2 heterocycles. The lowest BCUT2D eigenvalue weighted by Gasteiger charge is -2.00. The Kier molecular flexibility index (Phi) is 5.47. The quantitative estimate of drug-likeness (QED) is 0.396. The summed E-state index contributed by atoms with van der Waals surface area (Å²) in [4.78, 5) is 19.6. The summed E-state index contributed by atoms with van der Waals surface area (Å²) in [7, 11) is 0. The molecule has 0 saturated heterocycles. The number of thiazole rings is 1. The zero-order valence-electron chi connectivity index (χ0n) is 13.5. The number of carbonyl (C=O) groups excluding carboxylic acids is 1. The normalized spacial score (nSPS) is 10.9. The fourth-order valence-electron chi connectivity index (χ4n) is 2.02. The number of hydrogen-bond acceptors (Lipinski definition) is 8. The van der Waals surface area contributed by atoms with E-state index in [1.165, 1.54) is 17.7 Å². The Morgan fingerprint density at radius 3 is 2.96 bits per heavy atom. The second kappa shape index (κ2) is 8.15. The van der Waals surface area contributed by atoms with Crippen LogP contribution < -0.4 is 5.43 Å². The van der Waals surface area contributed by atoms with Gasteiger partial charge in [0.15, 0.2) is 0 Å². The topological polar surface area (TPSA) is 94.3 Å². The van der Waals surface area contributed by atoms with Crippen molar-refractivity contribution in [3.05, 3.63) is 53.6 Å². The van der Waals surface area contributed by atoms with Crippen LogP contribution in [0.3, 0.4) is 0 Å². The van der Waals surface area contributed by atoms with E-state index in [-0.39, 0.29) is 12.4 Å². The van der Waals surface area contributed by atoms with Gasteiger partial charge in [-0.25, -0.2) is 14.6 Å². The lowest BCUT2D eigenvalue weighted by molar-refractivity contribution is -0.142. The molecule has 0 bridgehead atoms. The summed E-state index contributed by atoms with van der Waals surface area (Å²) in [5.74, 6) is -0.282. The predicted octanol–water partition coefficient (Wildman–Crippen LogP) is 2.28. The van der Waals surface area contributed by atoms with Gasteiger partial charge in [-0.15, -0.1) is 11.3 Å². The number of carbonyl (C=O) groups is 1. The van der Waals surface area contributed by atoms with E-state index >= 15 is 0 Å². The average molecular weight is 356 g/mol. The number of nitrogens with one attached hydrogen (secondary N) is 1. The first-order valence-corrected chi connectivity index (χ1v) is 8.46. The molecule has 0 aliphatic rings. The van der Waals surface area contributed by atoms with Crippen LogP contribution in [0.25, 0.3) is 5.69 Å². The van der Waals surface area contributed by atoms with Crippen molar-refractivity contribution in [3.63, 3.8) is 0 Å². The van der Waals surface area contributed by atoms with Gasteiger partial charge in [-0.3, -0.25) is 10.2 Å². The van der Waals surface area contributed by atoms with Gasteiger partial charge in [-0.1, -0.05) is 12.1 Å². The highest BCUT2D eigenvalue weighted by molar-refractivity contribution is 7.13. The Morgan fingerprint density at radius 2 is 2.24 bits per heavy atom. The molecule has 9 heteroatoms. The average Bonchev–Trinajstić information content (AvgIpc) is 3.28. The van der Waals surface area contributed by atoms with Gasteiger partial charge >= 0.3 is 5.97 Å². The Labute approximate surface area is 148 Å². The largest absolute Gasteiger partial charge is 0.466 e. The number of ether oxygens (including phenoxy) is 1. The summed E-state index contributed by atoms with van der Waals surface area (Å²) >= 11 is 1.38. The molecule has 0 atom stereocenters. The monoisotopic (exact) mass is 356 g/mol. The molecule has 128 valence electrons. The number of benzene rings is 1. The summed E-state index contributed by atoms with van der Waals surface area (Å²) in [6.07, 6.45) is 4.99. The van der Waals surface area contributed by atoms with Crippen molar-refractivity contribution in [2.24, 2.45) is 5.10 Å². The van der Waals surface area contributed by atoms with E-state index in [0.717, 1.165) is 11.3 Å². The highest BCUT2D eigenvalue weighted by Crippen LogP contribution is 2.16. The van der Waals surface area contributed by atoms with Crippen LogP contribution in [-0.4, -0.2) is 38.5 Å². The molecule has 0 aliphatic heterocycles. The van der Waals surface area contributed by atoms with E-state index in [9.17, 15) is 4.79 Å². The number of anilines is 1. The zero-order valence-corrected chi connectivity index (χ0v) is 14.3. The van der Waals surface area contributed by atoms with Crippen molar-refractivity contribution in [2.75, 3.05) is 12.0 Å². The molecule has 0 radical (unpaired) electrons. The number of hydrazone groups is 1. The van der Waals surface area contributed by atoms with Crippen molar-refractivity contribution < 1.29 is 9.53 Å². The summed E-state index contributed by atoms with van der Waals surface area (Å²) in [6.45, 7) is 2.15. The first kappa shape index (κ1) is 16.8. The summed E-state index contributed by atoms with van der Waals surface area (Å²) in [5, 5.41) is 10.7. The first-order chi connectivity index (χ1) is 12.2. The third-order valence-corrected chi connectivity index (χ3v) is 3.93. The molecule has 0 aliphatic carbocycles. The molecule has 0 spiro atoms. The number of rotatable bonds is 7. The van der Waals surface area contributed by atoms with E-state index in [2.05, 4.69) is 25.6 Å². The fraction of sp³-hybridized carbons (Fsp3) is 0.188. The van der Waals surface area contributed by atoms with Crippen molar-refractivity contribution in [1.82, 2.24) is 19.7 Å². The molecule has 8 nitrogen and oxygen atoms in total. The molecule has 1 N–H and O–H groups in total. The second-order valence-corrected chi connectivity index (χ2v) is 5.79. The van der Waals surface area contributed by atoms with Crippen LogP contribution >= 0.6 is 11.3 Å². The minimum atomic E-state index is -0.282. The van der Waals surface area contributed by atoms with Gasteiger partial charge in [-0.2, -0.15) is 10.2 Å². The number of esters is 1. The number of aromatic nitrogens is 4. The minimum absolute atomic E-state index is 0.166. The number of hydrogen-bond donors (Lipinski definition) is 1. The van der Waals surface area contributed by atoms with Crippen molar-refractivity contribution in [1.29, 1.82) is 0 Å². The molecule has 0 amide bonds. The summed E-state index contributed by atoms with van der Waals surface area (Å²) in [5.41, 5.74) is 5.38. The smallest absolute Gasteiger partial charge is 0.311 e. The first-order valence-electron chi connectivity index (χ1n) is 7.59. The van der Waals surface area contributed by atoms with Gasteiger partial charge in [0.05, 0.1) is 30.6 Å². The third kappa shape index (κ3) is 4.70. The lowest BCUT2D eigenvalue weighted by atomic mass is 10.2. The molecular formula is C16H16N6O2S. The van der Waals surface area contributed by atoms with E-state index in [1.54, 1.807) is 24.1 Å². The Balaban J connectivity index is 1.54. The van der Waals surface area contributed by atoms with Crippen molar-refractivity contribution >= 4 is 28.7 Å². The van der Waals surface area contributed by atoms with Gasteiger partial charge in [0.2, 0.25) is 5.13 Å². The Hall–Kier alpha value is -3.07. The molecule has 1 aromatic carbocycles. The van der Waals surface area contributed by atoms with Gasteiger partial charge in [0.25, 0.3) is 0 Å². The SMILES string of the molecule is CCOC(=O)Cc1csc(NN=Cc2ccc(-n3cncn3)cc2)n1. The maximum Gasteiger partial charge on any atom is 0.311 e. The van der Waals surface area contributed by atoms with Crippen LogP contribution in [-0.2, 0) is 16.0 Å². The highest BCUT2D eigenvalue weighted by Gasteiger charge is 2.07. The molecular weight excluding hydrogens is 340 g/mol. The van der Waals surface area contributed by atoms with Gasteiger partial charge in [0, 0.05) is 5.38 Å². The van der Waals surface area contributed by atoms with Crippen LogP contribution in [0.1, 0.15) is 18.2 Å². The third-order valence-electron chi connectivity index (χ3n) is 3.13. The molecule has 0 unspecified atom stereocenters. The Morgan fingerprint density at radius 1 is 1.40 bits per heavy atom. The maximum atomic E-state index is 11.4. The molecule has 0 fully saturated rings.